The van der Waals surface area contributed by atoms with E-state index in [1.807, 2.05) is 33.0 Å². The molecule has 2 saturated carbocycles. The number of nitrogens with one attached hydrogen (secondary N) is 1. The normalized spacial score (nSPS) is 22.5. The van der Waals surface area contributed by atoms with Crippen molar-refractivity contribution in [2.45, 2.75) is 45.8 Å². The SMILES string of the molecule is CCCOc1ccnc(NCc2c(-c3ccc(O[C@@H]4CC[C@H]5C(C(=O)O)[C@@H]45)c(C)n3)nnn2C)n1. The molecule has 0 spiro atoms. The van der Waals surface area contributed by atoms with E-state index in [2.05, 4.69) is 25.6 Å². The van der Waals surface area contributed by atoms with Crippen LogP contribution < -0.4 is 14.8 Å². The summed E-state index contributed by atoms with van der Waals surface area (Å²) in [5, 5.41) is 21.0. The number of nitrogens with zero attached hydrogens (tertiary/aromatic N) is 6. The van der Waals surface area contributed by atoms with E-state index in [0.717, 1.165) is 30.7 Å². The average Bonchev–Trinajstić information content (AvgIpc) is 3.26. The smallest absolute Gasteiger partial charge is 0.307 e. The molecule has 184 valence electrons. The van der Waals surface area contributed by atoms with Crippen LogP contribution in [0.1, 0.15) is 37.6 Å². The number of rotatable bonds is 10. The van der Waals surface area contributed by atoms with Gasteiger partial charge < -0.3 is 19.9 Å². The average molecular weight is 480 g/mol. The van der Waals surface area contributed by atoms with Gasteiger partial charge in [0.1, 0.15) is 17.5 Å². The monoisotopic (exact) mass is 479 g/mol. The molecule has 35 heavy (non-hydrogen) atoms. The molecule has 1 unspecified atom stereocenters. The number of fused-ring (bicyclic) bond motifs is 1. The van der Waals surface area contributed by atoms with Crippen LogP contribution in [0.3, 0.4) is 0 Å². The highest BCUT2D eigenvalue weighted by molar-refractivity contribution is 5.75. The lowest BCUT2D eigenvalue weighted by atomic mass is 10.1. The summed E-state index contributed by atoms with van der Waals surface area (Å²) >= 11 is 0. The fraction of sp³-hybridized carbons (Fsp3) is 0.500. The first-order valence-corrected chi connectivity index (χ1v) is 11.9. The molecule has 11 nitrogen and oxygen atoms in total. The molecular weight excluding hydrogens is 450 g/mol. The maximum atomic E-state index is 11.4. The van der Waals surface area contributed by atoms with Crippen molar-refractivity contribution in [2.75, 3.05) is 11.9 Å². The summed E-state index contributed by atoms with van der Waals surface area (Å²) in [6.45, 7) is 4.92. The predicted molar refractivity (Wildman–Crippen MR) is 126 cm³/mol. The van der Waals surface area contributed by atoms with E-state index in [4.69, 9.17) is 14.5 Å². The van der Waals surface area contributed by atoms with Crippen molar-refractivity contribution in [3.05, 3.63) is 35.8 Å². The first-order valence-electron chi connectivity index (χ1n) is 11.9. The predicted octanol–water partition coefficient (Wildman–Crippen LogP) is 2.86. The number of aryl methyl sites for hydroxylation is 2. The zero-order chi connectivity index (χ0) is 24.5. The van der Waals surface area contributed by atoms with Crippen molar-refractivity contribution >= 4 is 11.9 Å². The number of anilines is 1. The second-order valence-electron chi connectivity index (χ2n) is 9.05. The molecule has 0 aliphatic heterocycles. The first-order chi connectivity index (χ1) is 17.0. The van der Waals surface area contributed by atoms with Gasteiger partial charge in [0, 0.05) is 25.2 Å². The lowest BCUT2D eigenvalue weighted by Gasteiger charge is -2.18. The zero-order valence-electron chi connectivity index (χ0n) is 20.0. The molecule has 2 aliphatic rings. The van der Waals surface area contributed by atoms with E-state index < -0.39 is 5.97 Å². The molecule has 5 rings (SSSR count). The number of hydrogen-bond acceptors (Lipinski definition) is 9. The van der Waals surface area contributed by atoms with Gasteiger partial charge in [-0.15, -0.1) is 5.10 Å². The number of carbonyl (C=O) groups is 1. The summed E-state index contributed by atoms with van der Waals surface area (Å²) in [6.07, 6.45) is 4.27. The Morgan fingerprint density at radius 2 is 2.11 bits per heavy atom. The summed E-state index contributed by atoms with van der Waals surface area (Å²) in [5.41, 5.74) is 2.89. The molecule has 0 bridgehead atoms. The van der Waals surface area contributed by atoms with Crippen LogP contribution in [0.5, 0.6) is 11.6 Å². The second kappa shape index (κ2) is 9.47. The fourth-order valence-corrected chi connectivity index (χ4v) is 4.93. The first kappa shape index (κ1) is 23.0. The Bertz CT molecular complexity index is 1230. The van der Waals surface area contributed by atoms with Gasteiger partial charge in [0.25, 0.3) is 0 Å². The lowest BCUT2D eigenvalue weighted by Crippen LogP contribution is -2.20. The highest BCUT2D eigenvalue weighted by atomic mass is 16.5. The van der Waals surface area contributed by atoms with Gasteiger partial charge >= 0.3 is 5.97 Å². The van der Waals surface area contributed by atoms with E-state index in [1.54, 1.807) is 16.9 Å². The molecule has 3 aromatic rings. The van der Waals surface area contributed by atoms with Crippen LogP contribution >= 0.6 is 0 Å². The Morgan fingerprint density at radius 1 is 1.26 bits per heavy atom. The van der Waals surface area contributed by atoms with Crippen LogP contribution in [0.2, 0.25) is 0 Å². The molecule has 3 aromatic heterocycles. The third-order valence-corrected chi connectivity index (χ3v) is 6.73. The molecule has 3 heterocycles. The number of carboxylic acid groups (broad SMARTS) is 1. The largest absolute Gasteiger partial charge is 0.488 e. The van der Waals surface area contributed by atoms with Crippen LogP contribution in [-0.2, 0) is 18.4 Å². The summed E-state index contributed by atoms with van der Waals surface area (Å²) in [5.74, 6) is 1.03. The summed E-state index contributed by atoms with van der Waals surface area (Å²) < 4.78 is 13.5. The molecular formula is C24H29N7O4. The number of aliphatic carboxylic acids is 1. The van der Waals surface area contributed by atoms with Gasteiger partial charge in [-0.2, -0.15) is 4.98 Å². The van der Waals surface area contributed by atoms with E-state index >= 15 is 0 Å². The molecule has 11 heteroatoms. The van der Waals surface area contributed by atoms with Crippen LogP contribution in [0, 0.1) is 24.7 Å². The molecule has 4 atom stereocenters. The van der Waals surface area contributed by atoms with Crippen LogP contribution in [0.15, 0.2) is 24.4 Å². The quantitative estimate of drug-likeness (QED) is 0.446. The maximum Gasteiger partial charge on any atom is 0.307 e. The Labute approximate surface area is 202 Å². The van der Waals surface area contributed by atoms with Gasteiger partial charge in [-0.3, -0.25) is 4.79 Å². The number of hydrogen-bond donors (Lipinski definition) is 2. The van der Waals surface area contributed by atoms with Crippen molar-refractivity contribution in [2.24, 2.45) is 24.8 Å². The van der Waals surface area contributed by atoms with Crippen molar-refractivity contribution in [1.29, 1.82) is 0 Å². The van der Waals surface area contributed by atoms with E-state index in [9.17, 15) is 9.90 Å². The minimum Gasteiger partial charge on any atom is -0.488 e. The van der Waals surface area contributed by atoms with E-state index in [0.29, 0.717) is 42.1 Å². The topological polar surface area (TPSA) is 137 Å². The van der Waals surface area contributed by atoms with Crippen molar-refractivity contribution < 1.29 is 19.4 Å². The van der Waals surface area contributed by atoms with E-state index in [-0.39, 0.29) is 23.9 Å². The number of carboxylic acids is 1. The number of pyridine rings is 1. The standard InChI is InChI=1S/C24H29N7O4/c1-4-11-34-19-9-10-25-24(28-19)26-12-16-22(29-30-31(16)3)15-6-8-17(13(2)27-15)35-18-7-5-14-20(18)21(14)23(32)33/h6,8-10,14,18,20-21H,4-5,7,11-12H2,1-3H3,(H,32,33)(H,25,26,28)/t14-,18-,20-,21?/m1/s1. The number of ether oxygens (including phenoxy) is 2. The minimum absolute atomic E-state index is 0.0687. The van der Waals surface area contributed by atoms with Gasteiger partial charge in [0.15, 0.2) is 0 Å². The van der Waals surface area contributed by atoms with Gasteiger partial charge in [-0.1, -0.05) is 12.1 Å². The maximum absolute atomic E-state index is 11.4. The van der Waals surface area contributed by atoms with Crippen molar-refractivity contribution in [3.8, 4) is 23.0 Å². The van der Waals surface area contributed by atoms with Crippen molar-refractivity contribution in [1.82, 2.24) is 29.9 Å². The third kappa shape index (κ3) is 4.62. The summed E-state index contributed by atoms with van der Waals surface area (Å²) in [4.78, 5) is 24.7. The number of aromatic nitrogens is 6. The summed E-state index contributed by atoms with van der Waals surface area (Å²) in [6, 6.07) is 5.47. The lowest BCUT2D eigenvalue weighted by molar-refractivity contribution is -0.139. The van der Waals surface area contributed by atoms with E-state index in [1.165, 1.54) is 0 Å². The Kier molecular flexibility index (Phi) is 6.23. The Hall–Kier alpha value is -3.76. The molecule has 0 aromatic carbocycles. The molecule has 0 amide bonds. The van der Waals surface area contributed by atoms with Crippen LogP contribution in [0.4, 0.5) is 5.95 Å². The highest BCUT2D eigenvalue weighted by Gasteiger charge is 2.63. The van der Waals surface area contributed by atoms with Gasteiger partial charge in [0.2, 0.25) is 11.8 Å². The van der Waals surface area contributed by atoms with Gasteiger partial charge in [-0.25, -0.2) is 14.6 Å². The molecule has 2 aliphatic carbocycles. The zero-order valence-corrected chi connectivity index (χ0v) is 20.0. The second-order valence-corrected chi connectivity index (χ2v) is 9.05. The third-order valence-electron chi connectivity index (χ3n) is 6.73. The molecule has 2 fully saturated rings. The summed E-state index contributed by atoms with van der Waals surface area (Å²) in [7, 11) is 1.82. The molecule has 0 radical (unpaired) electrons. The van der Waals surface area contributed by atoms with Gasteiger partial charge in [0.05, 0.1) is 36.2 Å². The van der Waals surface area contributed by atoms with Gasteiger partial charge in [-0.05, 0) is 44.2 Å². The van der Waals surface area contributed by atoms with Crippen LogP contribution in [0.25, 0.3) is 11.4 Å². The highest BCUT2D eigenvalue weighted by Crippen LogP contribution is 2.58. The molecule has 0 saturated heterocycles. The molecule has 2 N–H and O–H groups in total. The van der Waals surface area contributed by atoms with Crippen LogP contribution in [-0.4, -0.2) is 53.7 Å². The minimum atomic E-state index is -0.715. The fourth-order valence-electron chi connectivity index (χ4n) is 4.93. The van der Waals surface area contributed by atoms with Crippen molar-refractivity contribution in [3.63, 3.8) is 0 Å². The Balaban J connectivity index is 1.28. The Morgan fingerprint density at radius 3 is 2.86 bits per heavy atom.